The maximum absolute atomic E-state index is 4.24. The Morgan fingerprint density at radius 2 is 2.43 bits per heavy atom. The Balaban J connectivity index is 1.73. The van der Waals surface area contributed by atoms with Crippen LogP contribution in [-0.4, -0.2) is 30.6 Å². The molecule has 0 saturated carbocycles. The number of hydrogen-bond acceptors (Lipinski definition) is 4. The fourth-order valence-electron chi connectivity index (χ4n) is 1.37. The lowest BCUT2D eigenvalue weighted by Gasteiger charge is -2.05. The Bertz CT molecular complexity index is 307. The summed E-state index contributed by atoms with van der Waals surface area (Å²) in [5, 5.41) is 6.39. The molecule has 0 amide bonds. The van der Waals surface area contributed by atoms with Gasteiger partial charge >= 0.3 is 0 Å². The first-order valence-corrected chi connectivity index (χ1v) is 4.87. The molecule has 0 atom stereocenters. The fourth-order valence-corrected chi connectivity index (χ4v) is 1.37. The van der Waals surface area contributed by atoms with Crippen LogP contribution in [0.25, 0.3) is 0 Å². The van der Waals surface area contributed by atoms with Gasteiger partial charge in [0.2, 0.25) is 0 Å². The van der Waals surface area contributed by atoms with Crippen LogP contribution in [0, 0.1) is 0 Å². The van der Waals surface area contributed by atoms with Crippen molar-refractivity contribution in [2.24, 2.45) is 4.99 Å². The standard InChI is InChI=1S/C10H14N4/c1-2-5-11-9(3-1)4-6-12-10-13-7-8-14-10/h1-3,5H,4,6-8H2,(H2,12,13,14). The van der Waals surface area contributed by atoms with Gasteiger partial charge in [-0.25, -0.2) is 0 Å². The zero-order valence-electron chi connectivity index (χ0n) is 8.03. The summed E-state index contributed by atoms with van der Waals surface area (Å²) in [6.07, 6.45) is 2.75. The number of nitrogens with zero attached hydrogens (tertiary/aromatic N) is 2. The molecular formula is C10H14N4. The molecule has 1 aliphatic heterocycles. The lowest BCUT2D eigenvalue weighted by molar-refractivity contribution is 0.819. The summed E-state index contributed by atoms with van der Waals surface area (Å²) in [5.74, 6) is 0.918. The molecule has 0 aromatic carbocycles. The Labute approximate surface area is 83.5 Å². The minimum absolute atomic E-state index is 0.878. The van der Waals surface area contributed by atoms with Crippen molar-refractivity contribution in [3.05, 3.63) is 30.1 Å². The van der Waals surface area contributed by atoms with Crippen LogP contribution < -0.4 is 10.6 Å². The summed E-state index contributed by atoms with van der Waals surface area (Å²) in [5.41, 5.74) is 1.11. The summed E-state index contributed by atoms with van der Waals surface area (Å²) in [4.78, 5) is 8.48. The molecule has 4 heteroatoms. The van der Waals surface area contributed by atoms with Crippen molar-refractivity contribution in [1.82, 2.24) is 15.6 Å². The van der Waals surface area contributed by atoms with Crippen LogP contribution in [0.3, 0.4) is 0 Å². The number of rotatable bonds is 3. The van der Waals surface area contributed by atoms with E-state index in [-0.39, 0.29) is 0 Å². The lowest BCUT2D eigenvalue weighted by atomic mass is 10.3. The number of pyridine rings is 1. The third-order valence-electron chi connectivity index (χ3n) is 2.07. The molecule has 1 aromatic rings. The van der Waals surface area contributed by atoms with Crippen molar-refractivity contribution in [2.45, 2.75) is 6.42 Å². The average molecular weight is 190 g/mol. The average Bonchev–Trinajstić information content (AvgIpc) is 2.72. The third kappa shape index (κ3) is 2.45. The normalized spacial score (nSPS) is 14.7. The number of hydrogen-bond donors (Lipinski definition) is 2. The van der Waals surface area contributed by atoms with E-state index in [2.05, 4.69) is 20.6 Å². The van der Waals surface area contributed by atoms with Crippen molar-refractivity contribution in [3.63, 3.8) is 0 Å². The minimum atomic E-state index is 0.878. The summed E-state index contributed by atoms with van der Waals surface area (Å²) in [6.45, 7) is 2.71. The summed E-state index contributed by atoms with van der Waals surface area (Å²) < 4.78 is 0. The fraction of sp³-hybridized carbons (Fsp3) is 0.400. The van der Waals surface area contributed by atoms with E-state index in [1.165, 1.54) is 0 Å². The van der Waals surface area contributed by atoms with Crippen LogP contribution in [0.5, 0.6) is 0 Å². The number of aliphatic imine (C=N–C) groups is 1. The van der Waals surface area contributed by atoms with Crippen molar-refractivity contribution in [2.75, 3.05) is 19.6 Å². The second-order valence-corrected chi connectivity index (χ2v) is 3.15. The molecule has 0 saturated heterocycles. The first-order valence-electron chi connectivity index (χ1n) is 4.87. The highest BCUT2D eigenvalue weighted by atomic mass is 15.2. The molecule has 0 radical (unpaired) electrons. The van der Waals surface area contributed by atoms with Gasteiger partial charge in [-0.3, -0.25) is 9.98 Å². The van der Waals surface area contributed by atoms with Crippen molar-refractivity contribution in [3.8, 4) is 0 Å². The zero-order valence-corrected chi connectivity index (χ0v) is 8.03. The SMILES string of the molecule is c1ccc(CCNC2=NCCN2)nc1. The Hall–Kier alpha value is -1.58. The van der Waals surface area contributed by atoms with Crippen molar-refractivity contribution < 1.29 is 0 Å². The molecule has 2 rings (SSSR count). The summed E-state index contributed by atoms with van der Waals surface area (Å²) >= 11 is 0. The van der Waals surface area contributed by atoms with Crippen LogP contribution in [0.2, 0.25) is 0 Å². The number of nitrogens with one attached hydrogen (secondary N) is 2. The van der Waals surface area contributed by atoms with Crippen molar-refractivity contribution >= 4 is 5.96 Å². The van der Waals surface area contributed by atoms with Gasteiger partial charge < -0.3 is 10.6 Å². The van der Waals surface area contributed by atoms with Crippen LogP contribution >= 0.6 is 0 Å². The Kier molecular flexibility index (Phi) is 2.95. The van der Waals surface area contributed by atoms with E-state index >= 15 is 0 Å². The number of aromatic nitrogens is 1. The predicted octanol–water partition coefficient (Wildman–Crippen LogP) is 0.173. The van der Waals surface area contributed by atoms with E-state index in [9.17, 15) is 0 Å². The van der Waals surface area contributed by atoms with Gasteiger partial charge in [0, 0.05) is 31.4 Å². The molecule has 1 aromatic heterocycles. The second kappa shape index (κ2) is 4.60. The van der Waals surface area contributed by atoms with Crippen LogP contribution in [0.4, 0.5) is 0 Å². The minimum Gasteiger partial charge on any atom is -0.356 e. The highest BCUT2D eigenvalue weighted by molar-refractivity contribution is 5.81. The van der Waals surface area contributed by atoms with Gasteiger partial charge in [-0.1, -0.05) is 6.07 Å². The van der Waals surface area contributed by atoms with Gasteiger partial charge in [-0.05, 0) is 12.1 Å². The van der Waals surface area contributed by atoms with Gasteiger partial charge in [0.1, 0.15) is 0 Å². The third-order valence-corrected chi connectivity index (χ3v) is 2.07. The van der Waals surface area contributed by atoms with Crippen LogP contribution in [-0.2, 0) is 6.42 Å². The Morgan fingerprint density at radius 3 is 3.14 bits per heavy atom. The topological polar surface area (TPSA) is 49.3 Å². The van der Waals surface area contributed by atoms with Gasteiger partial charge in [0.15, 0.2) is 5.96 Å². The molecule has 2 N–H and O–H groups in total. The molecule has 2 heterocycles. The first-order chi connectivity index (χ1) is 6.95. The van der Waals surface area contributed by atoms with E-state index in [0.29, 0.717) is 0 Å². The van der Waals surface area contributed by atoms with Crippen molar-refractivity contribution in [1.29, 1.82) is 0 Å². The molecule has 4 nitrogen and oxygen atoms in total. The molecule has 1 aliphatic rings. The van der Waals surface area contributed by atoms with Crippen LogP contribution in [0.1, 0.15) is 5.69 Å². The monoisotopic (exact) mass is 190 g/mol. The highest BCUT2D eigenvalue weighted by Gasteiger charge is 2.02. The van der Waals surface area contributed by atoms with Gasteiger partial charge in [0.25, 0.3) is 0 Å². The highest BCUT2D eigenvalue weighted by Crippen LogP contribution is 1.93. The molecule has 74 valence electrons. The second-order valence-electron chi connectivity index (χ2n) is 3.15. The number of guanidine groups is 1. The van der Waals surface area contributed by atoms with E-state index in [1.807, 2.05) is 24.4 Å². The Morgan fingerprint density at radius 1 is 1.43 bits per heavy atom. The maximum atomic E-state index is 4.24. The zero-order chi connectivity index (χ0) is 9.64. The summed E-state index contributed by atoms with van der Waals surface area (Å²) in [6, 6.07) is 5.97. The van der Waals surface area contributed by atoms with Gasteiger partial charge in [0.05, 0.1) is 6.54 Å². The quantitative estimate of drug-likeness (QED) is 0.714. The first kappa shape index (κ1) is 8.99. The van der Waals surface area contributed by atoms with E-state index < -0.39 is 0 Å². The van der Waals surface area contributed by atoms with Crippen LogP contribution in [0.15, 0.2) is 29.4 Å². The van der Waals surface area contributed by atoms with E-state index in [4.69, 9.17) is 0 Å². The molecule has 0 fully saturated rings. The molecule has 14 heavy (non-hydrogen) atoms. The van der Waals surface area contributed by atoms with E-state index in [1.54, 1.807) is 0 Å². The molecule has 0 unspecified atom stereocenters. The maximum Gasteiger partial charge on any atom is 0.191 e. The largest absolute Gasteiger partial charge is 0.356 e. The predicted molar refractivity (Wildman–Crippen MR) is 56.2 cm³/mol. The smallest absolute Gasteiger partial charge is 0.191 e. The molecule has 0 bridgehead atoms. The molecular weight excluding hydrogens is 176 g/mol. The molecule has 0 aliphatic carbocycles. The van der Waals surface area contributed by atoms with Gasteiger partial charge in [-0.2, -0.15) is 0 Å². The van der Waals surface area contributed by atoms with Gasteiger partial charge in [-0.15, -0.1) is 0 Å². The van der Waals surface area contributed by atoms with E-state index in [0.717, 1.165) is 37.7 Å². The lowest BCUT2D eigenvalue weighted by Crippen LogP contribution is -2.35. The molecule has 0 spiro atoms. The summed E-state index contributed by atoms with van der Waals surface area (Å²) in [7, 11) is 0.